The van der Waals surface area contributed by atoms with Gasteiger partial charge in [0.15, 0.2) is 5.78 Å². The molecule has 0 aromatic heterocycles. The van der Waals surface area contributed by atoms with Gasteiger partial charge in [-0.1, -0.05) is 35.9 Å². The molecule has 1 N–H and O–H groups in total. The quantitative estimate of drug-likeness (QED) is 0.835. The molecule has 2 nitrogen and oxygen atoms in total. The van der Waals surface area contributed by atoms with Gasteiger partial charge in [0.2, 0.25) is 0 Å². The predicted octanol–water partition coefficient (Wildman–Crippen LogP) is 3.05. The van der Waals surface area contributed by atoms with Crippen molar-refractivity contribution in [2.75, 3.05) is 0 Å². The Hall–Kier alpha value is -1.41. The fraction of sp³-hybridized carbons (Fsp3) is 0.438. The average molecular weight is 244 g/mol. The van der Waals surface area contributed by atoms with Crippen molar-refractivity contribution in [1.29, 1.82) is 0 Å². The van der Waals surface area contributed by atoms with Crippen molar-refractivity contribution in [2.24, 2.45) is 0 Å². The lowest BCUT2D eigenvalue weighted by Gasteiger charge is -2.10. The van der Waals surface area contributed by atoms with E-state index in [0.717, 1.165) is 32.1 Å². The van der Waals surface area contributed by atoms with Crippen molar-refractivity contribution >= 4 is 5.78 Å². The minimum Gasteiger partial charge on any atom is -0.393 e. The molecule has 1 aliphatic carbocycles. The van der Waals surface area contributed by atoms with Crippen molar-refractivity contribution < 1.29 is 9.90 Å². The van der Waals surface area contributed by atoms with Crippen molar-refractivity contribution in [3.8, 4) is 0 Å². The van der Waals surface area contributed by atoms with E-state index in [9.17, 15) is 9.90 Å². The third kappa shape index (κ3) is 4.11. The van der Waals surface area contributed by atoms with Gasteiger partial charge in [-0.25, -0.2) is 0 Å². The normalized spacial score (nSPS) is 16.7. The molecule has 0 saturated heterocycles. The zero-order valence-corrected chi connectivity index (χ0v) is 10.6. The highest BCUT2D eigenvalue weighted by atomic mass is 16.3. The van der Waals surface area contributed by atoms with Crippen LogP contribution in [0.3, 0.4) is 0 Å². The number of rotatable bonds is 6. The van der Waals surface area contributed by atoms with Gasteiger partial charge >= 0.3 is 0 Å². The van der Waals surface area contributed by atoms with Crippen LogP contribution in [0.25, 0.3) is 0 Å². The molecule has 0 amide bonds. The van der Waals surface area contributed by atoms with E-state index in [-0.39, 0.29) is 11.9 Å². The number of carbonyl (C=O) groups excluding carboxylic acids is 1. The van der Waals surface area contributed by atoms with E-state index in [0.29, 0.717) is 6.42 Å². The Kier molecular flexibility index (Phi) is 4.71. The summed E-state index contributed by atoms with van der Waals surface area (Å²) in [6.07, 6.45) is 6.39. The van der Waals surface area contributed by atoms with Crippen LogP contribution in [0.1, 0.15) is 37.7 Å². The van der Waals surface area contributed by atoms with Crippen LogP contribution in [0.4, 0.5) is 0 Å². The maximum absolute atomic E-state index is 11.1. The minimum absolute atomic E-state index is 0.240. The van der Waals surface area contributed by atoms with Crippen molar-refractivity contribution in [3.63, 3.8) is 0 Å². The zero-order chi connectivity index (χ0) is 12.8. The molecule has 2 heteroatoms. The lowest BCUT2D eigenvalue weighted by Crippen LogP contribution is -2.08. The Morgan fingerprint density at radius 2 is 1.78 bits per heavy atom. The van der Waals surface area contributed by atoms with E-state index >= 15 is 0 Å². The summed E-state index contributed by atoms with van der Waals surface area (Å²) in [6.45, 7) is 0. The Morgan fingerprint density at radius 1 is 1.06 bits per heavy atom. The number of aliphatic hydroxyl groups is 1. The first kappa shape index (κ1) is 13.0. The second-order valence-electron chi connectivity index (χ2n) is 4.99. The van der Waals surface area contributed by atoms with Gasteiger partial charge in [0.1, 0.15) is 0 Å². The van der Waals surface area contributed by atoms with E-state index in [2.05, 4.69) is 12.1 Å². The molecule has 2 rings (SSSR count). The van der Waals surface area contributed by atoms with E-state index in [1.807, 2.05) is 18.2 Å². The van der Waals surface area contributed by atoms with Gasteiger partial charge in [-0.05, 0) is 43.7 Å². The van der Waals surface area contributed by atoms with Crippen LogP contribution in [0.2, 0.25) is 0 Å². The van der Waals surface area contributed by atoms with Crippen LogP contribution in [0, 0.1) is 0 Å². The number of hydrogen-bond donors (Lipinski definition) is 1. The average Bonchev–Trinajstić information content (AvgIpc) is 2.81. The summed E-state index contributed by atoms with van der Waals surface area (Å²) in [7, 11) is 0. The molecule has 0 heterocycles. The first-order valence-electron chi connectivity index (χ1n) is 6.68. The standard InChI is InChI=1S/C16H20O2/c17-15(9-6-13-4-2-1-3-5-13)10-7-14-8-11-16(18)12-14/h1-5,12,15,17H,6-11H2. The summed E-state index contributed by atoms with van der Waals surface area (Å²) in [5.41, 5.74) is 2.48. The highest BCUT2D eigenvalue weighted by Gasteiger charge is 2.13. The van der Waals surface area contributed by atoms with Crippen LogP contribution in [-0.2, 0) is 11.2 Å². The van der Waals surface area contributed by atoms with Gasteiger partial charge in [0, 0.05) is 6.42 Å². The third-order valence-electron chi connectivity index (χ3n) is 3.47. The Labute approximate surface area is 108 Å². The molecule has 0 radical (unpaired) electrons. The highest BCUT2D eigenvalue weighted by molar-refractivity contribution is 5.92. The topological polar surface area (TPSA) is 37.3 Å². The lowest BCUT2D eigenvalue weighted by molar-refractivity contribution is -0.114. The summed E-state index contributed by atoms with van der Waals surface area (Å²) < 4.78 is 0. The largest absolute Gasteiger partial charge is 0.393 e. The Morgan fingerprint density at radius 3 is 2.44 bits per heavy atom. The van der Waals surface area contributed by atoms with Crippen LogP contribution in [-0.4, -0.2) is 17.0 Å². The zero-order valence-electron chi connectivity index (χ0n) is 10.6. The maximum atomic E-state index is 11.1. The summed E-state index contributed by atoms with van der Waals surface area (Å²) in [5.74, 6) is 0.240. The molecular formula is C16H20O2. The molecule has 1 atom stereocenters. The van der Waals surface area contributed by atoms with Crippen molar-refractivity contribution in [2.45, 2.75) is 44.6 Å². The number of aryl methyl sites for hydroxylation is 1. The SMILES string of the molecule is O=C1C=C(CCC(O)CCc2ccccc2)CC1. The monoisotopic (exact) mass is 244 g/mol. The van der Waals surface area contributed by atoms with Gasteiger partial charge in [0.05, 0.1) is 6.10 Å². The number of ketones is 1. The molecule has 18 heavy (non-hydrogen) atoms. The maximum Gasteiger partial charge on any atom is 0.155 e. The first-order valence-corrected chi connectivity index (χ1v) is 6.68. The summed E-state index contributed by atoms with van der Waals surface area (Å²) in [4.78, 5) is 11.1. The fourth-order valence-electron chi connectivity index (χ4n) is 2.33. The van der Waals surface area contributed by atoms with E-state index in [1.165, 1.54) is 11.1 Å². The Balaban J connectivity index is 1.68. The number of allylic oxidation sites excluding steroid dienone is 2. The second-order valence-corrected chi connectivity index (χ2v) is 4.99. The molecule has 0 bridgehead atoms. The van der Waals surface area contributed by atoms with E-state index in [1.54, 1.807) is 6.08 Å². The smallest absolute Gasteiger partial charge is 0.155 e. The number of aliphatic hydroxyl groups excluding tert-OH is 1. The van der Waals surface area contributed by atoms with Gasteiger partial charge < -0.3 is 5.11 Å². The highest BCUT2D eigenvalue weighted by Crippen LogP contribution is 2.21. The van der Waals surface area contributed by atoms with Crippen LogP contribution in [0.5, 0.6) is 0 Å². The van der Waals surface area contributed by atoms with Crippen LogP contribution >= 0.6 is 0 Å². The summed E-state index contributed by atoms with van der Waals surface area (Å²) in [6, 6.07) is 10.2. The molecule has 0 spiro atoms. The fourth-order valence-corrected chi connectivity index (χ4v) is 2.33. The number of hydrogen-bond acceptors (Lipinski definition) is 2. The molecule has 1 aliphatic rings. The lowest BCUT2D eigenvalue weighted by atomic mass is 10.0. The second kappa shape index (κ2) is 6.50. The van der Waals surface area contributed by atoms with Gasteiger partial charge in [-0.15, -0.1) is 0 Å². The van der Waals surface area contributed by atoms with E-state index in [4.69, 9.17) is 0 Å². The van der Waals surface area contributed by atoms with E-state index < -0.39 is 0 Å². The molecule has 0 aliphatic heterocycles. The summed E-state index contributed by atoms with van der Waals surface area (Å²) in [5, 5.41) is 9.92. The van der Waals surface area contributed by atoms with Gasteiger partial charge in [0.25, 0.3) is 0 Å². The third-order valence-corrected chi connectivity index (χ3v) is 3.47. The van der Waals surface area contributed by atoms with Gasteiger partial charge in [-0.2, -0.15) is 0 Å². The molecule has 1 aromatic carbocycles. The number of benzene rings is 1. The molecule has 1 unspecified atom stereocenters. The molecule has 0 fully saturated rings. The predicted molar refractivity (Wildman–Crippen MR) is 72.3 cm³/mol. The van der Waals surface area contributed by atoms with Crippen molar-refractivity contribution in [1.82, 2.24) is 0 Å². The molecule has 1 aromatic rings. The van der Waals surface area contributed by atoms with Crippen LogP contribution < -0.4 is 0 Å². The van der Waals surface area contributed by atoms with Crippen molar-refractivity contribution in [3.05, 3.63) is 47.5 Å². The number of carbonyl (C=O) groups is 1. The summed E-state index contributed by atoms with van der Waals surface area (Å²) >= 11 is 0. The minimum atomic E-state index is -0.262. The first-order chi connectivity index (χ1) is 8.74. The molecule has 96 valence electrons. The Bertz CT molecular complexity index is 420. The van der Waals surface area contributed by atoms with Crippen LogP contribution in [0.15, 0.2) is 42.0 Å². The molecular weight excluding hydrogens is 224 g/mol. The molecule has 0 saturated carbocycles. The van der Waals surface area contributed by atoms with Gasteiger partial charge in [-0.3, -0.25) is 4.79 Å².